The first-order valence-electron chi connectivity index (χ1n) is 5.81. The standard InChI is InChI=1S/2C4H10O.2C2H6O.Ti/c2*1-4(2)3-5;2*1-2-3;/h2*4-5H,3H2,1-2H3;2*3H,2H2,1H3;. The Morgan fingerprint density at radius 3 is 0.706 bits per heavy atom. The molecule has 17 heavy (non-hydrogen) atoms. The third-order valence-corrected chi connectivity index (χ3v) is 0.730. The zero-order valence-corrected chi connectivity index (χ0v) is 13.8. The summed E-state index contributed by atoms with van der Waals surface area (Å²) >= 11 is 0. The van der Waals surface area contributed by atoms with E-state index in [9.17, 15) is 0 Å². The molecular weight excluding hydrogens is 256 g/mol. The number of rotatable bonds is 2. The minimum Gasteiger partial charge on any atom is -0.397 e. The molecule has 0 atom stereocenters. The van der Waals surface area contributed by atoms with Crippen LogP contribution < -0.4 is 0 Å². The van der Waals surface area contributed by atoms with E-state index in [1.165, 1.54) is 0 Å². The van der Waals surface area contributed by atoms with Gasteiger partial charge in [-0.1, -0.05) is 27.7 Å². The Bertz CT molecular complexity index is 70.9. The second-order valence-corrected chi connectivity index (χ2v) is 3.79. The molecule has 0 aliphatic carbocycles. The van der Waals surface area contributed by atoms with Crippen LogP contribution in [0.5, 0.6) is 0 Å². The van der Waals surface area contributed by atoms with Gasteiger partial charge in [-0.2, -0.15) is 0 Å². The van der Waals surface area contributed by atoms with Crippen LogP contribution in [-0.4, -0.2) is 46.9 Å². The van der Waals surface area contributed by atoms with Crippen molar-refractivity contribution < 1.29 is 42.1 Å². The summed E-state index contributed by atoms with van der Waals surface area (Å²) in [6, 6.07) is 0. The van der Waals surface area contributed by atoms with Gasteiger partial charge >= 0.3 is 0 Å². The Morgan fingerprint density at radius 1 is 0.647 bits per heavy atom. The van der Waals surface area contributed by atoms with Crippen LogP contribution in [0.15, 0.2) is 0 Å². The van der Waals surface area contributed by atoms with Gasteiger partial charge < -0.3 is 20.4 Å². The average molecular weight is 288 g/mol. The second kappa shape index (κ2) is 36.0. The Kier molecular flexibility index (Phi) is 64.6. The molecule has 0 spiro atoms. The molecule has 0 saturated heterocycles. The minimum atomic E-state index is 0. The van der Waals surface area contributed by atoms with Crippen LogP contribution in [0, 0.1) is 11.8 Å². The molecule has 0 aliphatic rings. The van der Waals surface area contributed by atoms with E-state index in [0.29, 0.717) is 25.0 Å². The normalized spacial score (nSPS) is 7.76. The first-order chi connectivity index (χ1) is 7.37. The van der Waals surface area contributed by atoms with Crippen molar-refractivity contribution in [3.63, 3.8) is 0 Å². The first kappa shape index (κ1) is 30.5. The van der Waals surface area contributed by atoms with Gasteiger partial charge in [0.25, 0.3) is 0 Å². The second-order valence-electron chi connectivity index (χ2n) is 3.79. The number of aliphatic hydroxyl groups is 4. The van der Waals surface area contributed by atoms with Gasteiger partial charge in [0.2, 0.25) is 0 Å². The van der Waals surface area contributed by atoms with E-state index < -0.39 is 0 Å². The third-order valence-electron chi connectivity index (χ3n) is 0.730. The summed E-state index contributed by atoms with van der Waals surface area (Å²) in [7, 11) is 0. The Hall–Kier alpha value is 0.554. The van der Waals surface area contributed by atoms with Crippen LogP contribution in [0.2, 0.25) is 0 Å². The van der Waals surface area contributed by atoms with Crippen molar-refractivity contribution in [2.45, 2.75) is 41.5 Å². The summed E-state index contributed by atoms with van der Waals surface area (Å²) in [5.74, 6) is 0.880. The SMILES string of the molecule is CC(C)CO.CC(C)CO.CCO.CCO.[Ti]. The van der Waals surface area contributed by atoms with Crippen molar-refractivity contribution in [1.82, 2.24) is 0 Å². The molecule has 0 aromatic rings. The molecule has 0 aromatic heterocycles. The number of aliphatic hydroxyl groups excluding tert-OH is 4. The van der Waals surface area contributed by atoms with Gasteiger partial charge in [-0.05, 0) is 25.7 Å². The largest absolute Gasteiger partial charge is 0.397 e. The van der Waals surface area contributed by atoms with Crippen LogP contribution >= 0.6 is 0 Å². The maximum atomic E-state index is 8.14. The van der Waals surface area contributed by atoms with Gasteiger partial charge in [0, 0.05) is 48.1 Å². The minimum absolute atomic E-state index is 0. The molecule has 4 N–H and O–H groups in total. The molecule has 108 valence electrons. The predicted octanol–water partition coefficient (Wildman–Crippen LogP) is 1.26. The molecule has 0 fully saturated rings. The maximum Gasteiger partial charge on any atom is 0.0453 e. The van der Waals surface area contributed by atoms with Crippen LogP contribution in [0.25, 0.3) is 0 Å². The van der Waals surface area contributed by atoms with Crippen molar-refractivity contribution in [3.05, 3.63) is 0 Å². The Morgan fingerprint density at radius 2 is 0.706 bits per heavy atom. The van der Waals surface area contributed by atoms with Crippen LogP contribution in [-0.2, 0) is 21.7 Å². The summed E-state index contributed by atoms with van der Waals surface area (Å²) in [5, 5.41) is 31.4. The smallest absolute Gasteiger partial charge is 0.0453 e. The topological polar surface area (TPSA) is 80.9 Å². The van der Waals surface area contributed by atoms with E-state index in [1.807, 2.05) is 27.7 Å². The third kappa shape index (κ3) is 169. The molecule has 0 bridgehead atoms. The average Bonchev–Trinajstić information content (AvgIpc) is 2.21. The van der Waals surface area contributed by atoms with Gasteiger partial charge in [-0.15, -0.1) is 0 Å². The van der Waals surface area contributed by atoms with E-state index in [1.54, 1.807) is 13.8 Å². The summed E-state index contributed by atoms with van der Waals surface area (Å²) in [6.45, 7) is 12.4. The van der Waals surface area contributed by atoms with E-state index in [0.717, 1.165) is 0 Å². The fourth-order valence-electron chi connectivity index (χ4n) is 0. The van der Waals surface area contributed by atoms with Crippen molar-refractivity contribution in [3.8, 4) is 0 Å². The first-order valence-corrected chi connectivity index (χ1v) is 5.81. The fraction of sp³-hybridized carbons (Fsp3) is 1.00. The Labute approximate surface area is 122 Å². The van der Waals surface area contributed by atoms with Gasteiger partial charge in [-0.25, -0.2) is 0 Å². The van der Waals surface area contributed by atoms with Gasteiger partial charge in [-0.3, -0.25) is 0 Å². The van der Waals surface area contributed by atoms with Crippen molar-refractivity contribution in [2.75, 3.05) is 26.4 Å². The van der Waals surface area contributed by atoms with Crippen LogP contribution in [0.3, 0.4) is 0 Å². The van der Waals surface area contributed by atoms with Gasteiger partial charge in [0.05, 0.1) is 0 Å². The van der Waals surface area contributed by atoms with Gasteiger partial charge in [0.15, 0.2) is 0 Å². The van der Waals surface area contributed by atoms with Gasteiger partial charge in [0.1, 0.15) is 0 Å². The molecule has 0 amide bonds. The molecule has 0 unspecified atom stereocenters. The van der Waals surface area contributed by atoms with E-state index in [2.05, 4.69) is 0 Å². The molecule has 0 aromatic carbocycles. The van der Waals surface area contributed by atoms with Crippen LogP contribution in [0.1, 0.15) is 41.5 Å². The maximum absolute atomic E-state index is 8.14. The zero-order valence-electron chi connectivity index (χ0n) is 12.3. The molecule has 0 radical (unpaired) electrons. The fourth-order valence-corrected chi connectivity index (χ4v) is 0. The molecule has 0 heterocycles. The number of hydrogen-bond acceptors (Lipinski definition) is 4. The molecule has 0 saturated carbocycles. The molecule has 4 nitrogen and oxygen atoms in total. The van der Waals surface area contributed by atoms with Crippen molar-refractivity contribution in [2.24, 2.45) is 11.8 Å². The van der Waals surface area contributed by atoms with Crippen molar-refractivity contribution >= 4 is 0 Å². The quantitative estimate of drug-likeness (QED) is 0.577. The predicted molar refractivity (Wildman–Crippen MR) is 69.4 cm³/mol. The molecule has 0 aliphatic heterocycles. The Balaban J connectivity index is -0.0000000381. The molecular formula is C12H32O4Ti. The molecule has 5 heteroatoms. The molecule has 0 rings (SSSR count). The van der Waals surface area contributed by atoms with Crippen LogP contribution in [0.4, 0.5) is 0 Å². The summed E-state index contributed by atoms with van der Waals surface area (Å²) in [5.41, 5.74) is 0. The summed E-state index contributed by atoms with van der Waals surface area (Å²) < 4.78 is 0. The zero-order chi connectivity index (χ0) is 14.0. The van der Waals surface area contributed by atoms with Crippen molar-refractivity contribution in [1.29, 1.82) is 0 Å². The van der Waals surface area contributed by atoms with E-state index >= 15 is 0 Å². The summed E-state index contributed by atoms with van der Waals surface area (Å²) in [4.78, 5) is 0. The van der Waals surface area contributed by atoms with E-state index in [-0.39, 0.29) is 34.9 Å². The van der Waals surface area contributed by atoms with E-state index in [4.69, 9.17) is 20.4 Å². The summed E-state index contributed by atoms with van der Waals surface area (Å²) in [6.07, 6.45) is 0. The number of hydrogen-bond donors (Lipinski definition) is 4. The monoisotopic (exact) mass is 288 g/mol.